The fourth-order valence-corrected chi connectivity index (χ4v) is 2.90. The summed E-state index contributed by atoms with van der Waals surface area (Å²) in [5, 5.41) is 3.04. The Hall–Kier alpha value is -2.28. The van der Waals surface area contributed by atoms with E-state index in [0.29, 0.717) is 23.7 Å². The van der Waals surface area contributed by atoms with Crippen LogP contribution in [0.1, 0.15) is 37.8 Å². The van der Waals surface area contributed by atoms with E-state index in [2.05, 4.69) is 5.32 Å². The van der Waals surface area contributed by atoms with Crippen LogP contribution in [0.5, 0.6) is 0 Å². The Morgan fingerprint density at radius 2 is 1.84 bits per heavy atom. The first-order chi connectivity index (χ1) is 11.9. The van der Waals surface area contributed by atoms with Gasteiger partial charge in [0, 0.05) is 18.1 Å². The monoisotopic (exact) mass is 367 g/mol. The van der Waals surface area contributed by atoms with Crippen molar-refractivity contribution in [3.05, 3.63) is 34.9 Å². The number of carbonyl (C=O) groups excluding carboxylic acids is 3. The van der Waals surface area contributed by atoms with Gasteiger partial charge in [-0.2, -0.15) is 0 Å². The summed E-state index contributed by atoms with van der Waals surface area (Å²) < 4.78 is 5.23. The first-order valence-electron chi connectivity index (χ1n) is 8.16. The van der Waals surface area contributed by atoms with Gasteiger partial charge in [0.1, 0.15) is 0 Å². The molecule has 0 unspecified atom stereocenters. The van der Waals surface area contributed by atoms with E-state index in [1.807, 2.05) is 0 Å². The van der Waals surface area contributed by atoms with E-state index in [4.69, 9.17) is 22.1 Å². The molecule has 0 aliphatic carbocycles. The zero-order valence-corrected chi connectivity index (χ0v) is 14.8. The Morgan fingerprint density at radius 3 is 2.40 bits per heavy atom. The lowest BCUT2D eigenvalue weighted by Crippen LogP contribution is -2.39. The lowest BCUT2D eigenvalue weighted by atomic mass is 10.0. The second-order valence-electron chi connectivity index (χ2n) is 5.98. The van der Waals surface area contributed by atoms with Crippen molar-refractivity contribution in [2.75, 3.05) is 13.1 Å². The van der Waals surface area contributed by atoms with Crippen LogP contribution in [0.15, 0.2) is 24.3 Å². The van der Waals surface area contributed by atoms with E-state index in [-0.39, 0.29) is 12.3 Å². The number of urea groups is 1. The number of esters is 1. The van der Waals surface area contributed by atoms with E-state index in [1.165, 1.54) is 0 Å². The van der Waals surface area contributed by atoms with Crippen molar-refractivity contribution in [1.82, 2.24) is 10.2 Å². The van der Waals surface area contributed by atoms with Gasteiger partial charge in [-0.05, 0) is 37.5 Å². The third kappa shape index (κ3) is 5.63. The number of primary amides is 1. The average molecular weight is 368 g/mol. The Kier molecular flexibility index (Phi) is 6.64. The number of likely N-dealkylation sites (tertiary alicyclic amines) is 1. The van der Waals surface area contributed by atoms with Crippen LogP contribution in [-0.4, -0.2) is 42.0 Å². The molecule has 3 N–H and O–H groups in total. The molecular formula is C17H22ClN3O4. The van der Waals surface area contributed by atoms with Crippen LogP contribution < -0.4 is 11.1 Å². The quantitative estimate of drug-likeness (QED) is 0.750. The van der Waals surface area contributed by atoms with Crippen LogP contribution in [0.25, 0.3) is 0 Å². The molecule has 1 aromatic carbocycles. The molecule has 1 saturated heterocycles. The van der Waals surface area contributed by atoms with E-state index in [0.717, 1.165) is 12.8 Å². The molecule has 136 valence electrons. The Balaban J connectivity index is 1.97. The summed E-state index contributed by atoms with van der Waals surface area (Å²) in [5.74, 6) is -0.787. The Labute approximate surface area is 151 Å². The number of amides is 3. The van der Waals surface area contributed by atoms with Crippen LogP contribution in [0.4, 0.5) is 4.79 Å². The summed E-state index contributed by atoms with van der Waals surface area (Å²) in [6, 6.07) is 5.27. The molecule has 3 amide bonds. The summed E-state index contributed by atoms with van der Waals surface area (Å²) in [7, 11) is 0. The number of nitrogens with one attached hydrogen (secondary N) is 1. The van der Waals surface area contributed by atoms with Crippen molar-refractivity contribution in [3.8, 4) is 0 Å². The smallest absolute Gasteiger partial charge is 0.312 e. The van der Waals surface area contributed by atoms with Crippen LogP contribution in [-0.2, 0) is 14.3 Å². The molecule has 0 spiro atoms. The molecular weight excluding hydrogens is 346 g/mol. The highest BCUT2D eigenvalue weighted by atomic mass is 35.5. The number of benzene rings is 1. The molecule has 0 saturated carbocycles. The number of nitrogens with zero attached hydrogens (tertiary/aromatic N) is 1. The van der Waals surface area contributed by atoms with Crippen LogP contribution in [0.3, 0.4) is 0 Å². The number of hydrogen-bond donors (Lipinski definition) is 2. The molecule has 8 heteroatoms. The van der Waals surface area contributed by atoms with Gasteiger partial charge in [-0.3, -0.25) is 9.59 Å². The van der Waals surface area contributed by atoms with E-state index in [1.54, 1.807) is 36.1 Å². The topological polar surface area (TPSA) is 102 Å². The maximum Gasteiger partial charge on any atom is 0.312 e. The summed E-state index contributed by atoms with van der Waals surface area (Å²) in [6.07, 6.45) is 0.939. The summed E-state index contributed by atoms with van der Waals surface area (Å²) in [5.41, 5.74) is 5.84. The van der Waals surface area contributed by atoms with Gasteiger partial charge in [0.05, 0.1) is 12.5 Å². The van der Waals surface area contributed by atoms with Crippen molar-refractivity contribution in [1.29, 1.82) is 0 Å². The molecule has 0 bridgehead atoms. The van der Waals surface area contributed by atoms with Gasteiger partial charge >= 0.3 is 12.0 Å². The number of carbonyl (C=O) groups is 3. The van der Waals surface area contributed by atoms with Crippen molar-refractivity contribution < 1.29 is 19.1 Å². The molecule has 1 fully saturated rings. The number of rotatable bonds is 6. The zero-order valence-electron chi connectivity index (χ0n) is 14.0. The Bertz CT molecular complexity index is 629. The van der Waals surface area contributed by atoms with Crippen LogP contribution in [0, 0.1) is 0 Å². The lowest BCUT2D eigenvalue weighted by Gasteiger charge is -2.22. The second kappa shape index (κ2) is 8.71. The summed E-state index contributed by atoms with van der Waals surface area (Å²) in [4.78, 5) is 37.3. The van der Waals surface area contributed by atoms with Crippen molar-refractivity contribution in [2.24, 2.45) is 5.73 Å². The zero-order chi connectivity index (χ0) is 18.4. The van der Waals surface area contributed by atoms with Gasteiger partial charge in [-0.25, -0.2) is 4.79 Å². The fraction of sp³-hybridized carbons (Fsp3) is 0.471. The molecule has 2 rings (SSSR count). The molecule has 1 aliphatic heterocycles. The minimum absolute atomic E-state index is 0.137. The van der Waals surface area contributed by atoms with Crippen LogP contribution in [0.2, 0.25) is 5.02 Å². The number of ether oxygens (including phenoxy) is 1. The predicted octanol–water partition coefficient (Wildman–Crippen LogP) is 1.99. The fourth-order valence-electron chi connectivity index (χ4n) is 2.78. The highest BCUT2D eigenvalue weighted by Crippen LogP contribution is 2.20. The first kappa shape index (κ1) is 19.1. The maximum atomic E-state index is 12.2. The normalized spacial score (nSPS) is 16.2. The third-order valence-electron chi connectivity index (χ3n) is 4.03. The maximum absolute atomic E-state index is 12.2. The Morgan fingerprint density at radius 1 is 1.24 bits per heavy atom. The van der Waals surface area contributed by atoms with E-state index >= 15 is 0 Å². The van der Waals surface area contributed by atoms with Gasteiger partial charge in [0.2, 0.25) is 0 Å². The van der Waals surface area contributed by atoms with Crippen molar-refractivity contribution in [3.63, 3.8) is 0 Å². The van der Waals surface area contributed by atoms with Gasteiger partial charge in [0.15, 0.2) is 6.10 Å². The number of halogens is 1. The SMILES string of the molecule is C[C@H](OC(=O)C[C@H](NC(N)=O)c1ccc(Cl)cc1)C(=O)N1CCCC1. The standard InChI is InChI=1S/C17H22ClN3O4/c1-11(16(23)21-8-2-3-9-21)25-15(22)10-14(20-17(19)24)12-4-6-13(18)7-5-12/h4-7,11,14H,2-3,8-10H2,1H3,(H3,19,20,24)/t11-,14-/m0/s1. The minimum atomic E-state index is -0.856. The van der Waals surface area contributed by atoms with Gasteiger partial charge in [0.25, 0.3) is 5.91 Å². The highest BCUT2D eigenvalue weighted by Gasteiger charge is 2.27. The molecule has 1 aromatic rings. The summed E-state index contributed by atoms with van der Waals surface area (Å²) in [6.45, 7) is 2.94. The largest absolute Gasteiger partial charge is 0.452 e. The highest BCUT2D eigenvalue weighted by molar-refractivity contribution is 6.30. The molecule has 1 heterocycles. The predicted molar refractivity (Wildman–Crippen MR) is 92.9 cm³/mol. The molecule has 1 aliphatic rings. The molecule has 2 atom stereocenters. The summed E-state index contributed by atoms with van der Waals surface area (Å²) >= 11 is 5.85. The second-order valence-corrected chi connectivity index (χ2v) is 6.42. The first-order valence-corrected chi connectivity index (χ1v) is 8.54. The number of hydrogen-bond acceptors (Lipinski definition) is 4. The van der Waals surface area contributed by atoms with Gasteiger partial charge in [-0.1, -0.05) is 23.7 Å². The molecule has 0 radical (unpaired) electrons. The lowest BCUT2D eigenvalue weighted by molar-refractivity contribution is -0.159. The van der Waals surface area contributed by atoms with Crippen LogP contribution >= 0.6 is 11.6 Å². The molecule has 7 nitrogen and oxygen atoms in total. The average Bonchev–Trinajstić information content (AvgIpc) is 3.08. The molecule has 0 aromatic heterocycles. The van der Waals surface area contributed by atoms with Gasteiger partial charge in [-0.15, -0.1) is 0 Å². The van der Waals surface area contributed by atoms with Crippen molar-refractivity contribution in [2.45, 2.75) is 38.3 Å². The third-order valence-corrected chi connectivity index (χ3v) is 4.29. The van der Waals surface area contributed by atoms with Crippen molar-refractivity contribution >= 4 is 29.5 Å². The van der Waals surface area contributed by atoms with Gasteiger partial charge < -0.3 is 20.7 Å². The van der Waals surface area contributed by atoms with E-state index < -0.39 is 24.1 Å². The number of nitrogens with two attached hydrogens (primary N) is 1. The van der Waals surface area contributed by atoms with E-state index in [9.17, 15) is 14.4 Å². The molecule has 25 heavy (non-hydrogen) atoms. The minimum Gasteiger partial charge on any atom is -0.452 e.